The van der Waals surface area contributed by atoms with E-state index < -0.39 is 6.29 Å². The highest BCUT2D eigenvalue weighted by Crippen LogP contribution is 2.42. The van der Waals surface area contributed by atoms with Crippen LogP contribution in [0.3, 0.4) is 0 Å². The molecule has 0 saturated heterocycles. The first-order valence-electron chi connectivity index (χ1n) is 11.9. The second-order valence-corrected chi connectivity index (χ2v) is 13.2. The Morgan fingerprint density at radius 3 is 0.875 bits per heavy atom. The summed E-state index contributed by atoms with van der Waals surface area (Å²) >= 11 is 0. The number of ether oxygens (including phenoxy) is 2. The molecule has 0 fully saturated rings. The highest BCUT2D eigenvalue weighted by Gasteiger charge is 2.30. The van der Waals surface area contributed by atoms with Gasteiger partial charge in [0.2, 0.25) is 6.29 Å². The SMILES string of the molecule is CC(Oc1c(C(C)(C)C)cccc1C(C)(C)C)Oc1c(C(C)(C)C)cccc1C(C)(C)C. The van der Waals surface area contributed by atoms with Crippen LogP contribution < -0.4 is 9.47 Å². The molecule has 0 N–H and O–H groups in total. The summed E-state index contributed by atoms with van der Waals surface area (Å²) in [7, 11) is 0. The van der Waals surface area contributed by atoms with Crippen LogP contribution in [-0.2, 0) is 21.7 Å². The van der Waals surface area contributed by atoms with E-state index in [1.807, 2.05) is 6.92 Å². The summed E-state index contributed by atoms with van der Waals surface area (Å²) in [5, 5.41) is 0. The zero-order valence-corrected chi connectivity index (χ0v) is 22.9. The molecule has 0 aliphatic heterocycles. The number of hydrogen-bond donors (Lipinski definition) is 0. The van der Waals surface area contributed by atoms with Gasteiger partial charge in [0.25, 0.3) is 0 Å². The van der Waals surface area contributed by atoms with Crippen LogP contribution in [0.25, 0.3) is 0 Å². The molecule has 0 aliphatic carbocycles. The van der Waals surface area contributed by atoms with Crippen LogP contribution >= 0.6 is 0 Å². The van der Waals surface area contributed by atoms with Gasteiger partial charge in [0.1, 0.15) is 11.5 Å². The summed E-state index contributed by atoms with van der Waals surface area (Å²) in [6.45, 7) is 28.8. The van der Waals surface area contributed by atoms with Gasteiger partial charge in [-0.15, -0.1) is 0 Å². The zero-order chi connectivity index (χ0) is 24.7. The first-order chi connectivity index (χ1) is 14.3. The first kappa shape index (κ1) is 26.3. The Balaban J connectivity index is 2.57. The van der Waals surface area contributed by atoms with Crippen molar-refractivity contribution in [3.8, 4) is 11.5 Å². The molecule has 0 unspecified atom stereocenters. The molecule has 2 aromatic rings. The Morgan fingerprint density at radius 2 is 0.688 bits per heavy atom. The third-order valence-electron chi connectivity index (χ3n) is 5.83. The average Bonchev–Trinajstić information content (AvgIpc) is 2.58. The Hall–Kier alpha value is -1.96. The fourth-order valence-electron chi connectivity index (χ4n) is 4.05. The summed E-state index contributed by atoms with van der Waals surface area (Å²) in [5.74, 6) is 1.90. The normalized spacial score (nSPS) is 13.4. The van der Waals surface area contributed by atoms with E-state index in [1.54, 1.807) is 0 Å². The molecule has 0 heterocycles. The van der Waals surface area contributed by atoms with Crippen molar-refractivity contribution in [1.82, 2.24) is 0 Å². The molecule has 32 heavy (non-hydrogen) atoms. The summed E-state index contributed by atoms with van der Waals surface area (Å²) in [4.78, 5) is 0. The lowest BCUT2D eigenvalue weighted by atomic mass is 9.79. The molecular weight excluding hydrogens is 392 g/mol. The molecule has 0 amide bonds. The predicted octanol–water partition coefficient (Wildman–Crippen LogP) is 8.68. The van der Waals surface area contributed by atoms with Crippen molar-refractivity contribution >= 4 is 0 Å². The van der Waals surface area contributed by atoms with Crippen LogP contribution in [0.15, 0.2) is 36.4 Å². The molecule has 0 spiro atoms. The van der Waals surface area contributed by atoms with Gasteiger partial charge in [0, 0.05) is 6.92 Å². The summed E-state index contributed by atoms with van der Waals surface area (Å²) in [6, 6.07) is 13.0. The maximum atomic E-state index is 6.65. The fraction of sp³-hybridized carbons (Fsp3) is 0.600. The maximum Gasteiger partial charge on any atom is 0.238 e. The molecule has 0 bridgehead atoms. The third-order valence-corrected chi connectivity index (χ3v) is 5.83. The van der Waals surface area contributed by atoms with Gasteiger partial charge < -0.3 is 9.47 Å². The molecule has 178 valence electrons. The molecule has 0 radical (unpaired) electrons. The Bertz CT molecular complexity index is 783. The van der Waals surface area contributed by atoms with Crippen molar-refractivity contribution in [2.75, 3.05) is 0 Å². The lowest BCUT2D eigenvalue weighted by Crippen LogP contribution is -2.28. The minimum Gasteiger partial charge on any atom is -0.455 e. The largest absolute Gasteiger partial charge is 0.455 e. The van der Waals surface area contributed by atoms with Gasteiger partial charge in [0.15, 0.2) is 0 Å². The van der Waals surface area contributed by atoms with Gasteiger partial charge >= 0.3 is 0 Å². The second kappa shape index (κ2) is 8.76. The highest BCUT2D eigenvalue weighted by atomic mass is 16.7. The average molecular weight is 439 g/mol. The zero-order valence-electron chi connectivity index (χ0n) is 22.9. The Morgan fingerprint density at radius 1 is 0.469 bits per heavy atom. The molecule has 0 atom stereocenters. The van der Waals surface area contributed by atoms with Crippen LogP contribution in [0.4, 0.5) is 0 Å². The van der Waals surface area contributed by atoms with Crippen molar-refractivity contribution in [1.29, 1.82) is 0 Å². The molecule has 2 heteroatoms. The van der Waals surface area contributed by atoms with E-state index in [9.17, 15) is 0 Å². The van der Waals surface area contributed by atoms with Crippen LogP contribution in [0.1, 0.15) is 112 Å². The van der Waals surface area contributed by atoms with Crippen LogP contribution in [0.2, 0.25) is 0 Å². The van der Waals surface area contributed by atoms with E-state index in [0.29, 0.717) is 0 Å². The van der Waals surface area contributed by atoms with Crippen molar-refractivity contribution < 1.29 is 9.47 Å². The lowest BCUT2D eigenvalue weighted by Gasteiger charge is -2.33. The van der Waals surface area contributed by atoms with Gasteiger partial charge in [-0.25, -0.2) is 0 Å². The van der Waals surface area contributed by atoms with Crippen molar-refractivity contribution in [2.24, 2.45) is 0 Å². The van der Waals surface area contributed by atoms with E-state index in [2.05, 4.69) is 119 Å². The van der Waals surface area contributed by atoms with Gasteiger partial charge in [-0.2, -0.15) is 0 Å². The van der Waals surface area contributed by atoms with E-state index in [0.717, 1.165) is 11.5 Å². The van der Waals surface area contributed by atoms with E-state index in [4.69, 9.17) is 9.47 Å². The third kappa shape index (κ3) is 6.09. The highest BCUT2D eigenvalue weighted by molar-refractivity contribution is 5.50. The molecule has 2 rings (SSSR count). The standard InChI is InChI=1S/C30H46O2/c1-20(31-25-21(27(2,3)4)16-14-17-22(25)28(5,6)7)32-26-23(29(8,9)10)18-15-19-24(26)30(11,12)13/h14-20H,1-13H3. The van der Waals surface area contributed by atoms with Crippen LogP contribution in [0, 0.1) is 0 Å². The lowest BCUT2D eigenvalue weighted by molar-refractivity contribution is 0.0167. The van der Waals surface area contributed by atoms with Crippen molar-refractivity contribution in [3.63, 3.8) is 0 Å². The van der Waals surface area contributed by atoms with E-state index in [-0.39, 0.29) is 21.7 Å². The Labute approximate surface area is 197 Å². The molecule has 0 saturated carbocycles. The number of rotatable bonds is 4. The quantitative estimate of drug-likeness (QED) is 0.444. The molecule has 0 aromatic heterocycles. The fourth-order valence-corrected chi connectivity index (χ4v) is 4.05. The number of para-hydroxylation sites is 2. The first-order valence-corrected chi connectivity index (χ1v) is 11.9. The summed E-state index contributed by atoms with van der Waals surface area (Å²) in [6.07, 6.45) is -0.427. The monoisotopic (exact) mass is 438 g/mol. The summed E-state index contributed by atoms with van der Waals surface area (Å²) < 4.78 is 13.3. The van der Waals surface area contributed by atoms with Gasteiger partial charge in [-0.05, 0) is 43.9 Å². The summed E-state index contributed by atoms with van der Waals surface area (Å²) in [5.41, 5.74) is 4.71. The molecule has 0 aliphatic rings. The maximum absolute atomic E-state index is 6.65. The minimum atomic E-state index is -0.427. The van der Waals surface area contributed by atoms with Gasteiger partial charge in [-0.3, -0.25) is 0 Å². The molecule has 2 nitrogen and oxygen atoms in total. The molecule has 2 aromatic carbocycles. The number of benzene rings is 2. The van der Waals surface area contributed by atoms with Crippen molar-refractivity contribution in [3.05, 3.63) is 58.7 Å². The van der Waals surface area contributed by atoms with Crippen molar-refractivity contribution in [2.45, 2.75) is 118 Å². The second-order valence-electron chi connectivity index (χ2n) is 13.2. The predicted molar refractivity (Wildman–Crippen MR) is 138 cm³/mol. The van der Waals surface area contributed by atoms with E-state index >= 15 is 0 Å². The smallest absolute Gasteiger partial charge is 0.238 e. The van der Waals surface area contributed by atoms with Crippen LogP contribution in [0.5, 0.6) is 11.5 Å². The van der Waals surface area contributed by atoms with E-state index in [1.165, 1.54) is 22.3 Å². The topological polar surface area (TPSA) is 18.5 Å². The number of hydrogen-bond acceptors (Lipinski definition) is 2. The molecular formula is C30H46O2. The minimum absolute atomic E-state index is 0.0315. The van der Waals surface area contributed by atoms with Gasteiger partial charge in [-0.1, -0.05) is 119 Å². The van der Waals surface area contributed by atoms with Crippen LogP contribution in [-0.4, -0.2) is 6.29 Å². The Kier molecular flexibility index (Phi) is 7.20. The van der Waals surface area contributed by atoms with Gasteiger partial charge in [0.05, 0.1) is 0 Å².